The maximum atomic E-state index is 13.0. The van der Waals surface area contributed by atoms with Gasteiger partial charge < -0.3 is 4.74 Å². The number of aromatic nitrogens is 4. The number of carbonyl (C=O) groups excluding carboxylic acids is 1. The van der Waals surface area contributed by atoms with Crippen LogP contribution in [0.4, 0.5) is 8.78 Å². The Hall–Kier alpha value is -2.51. The number of carbonyl (C=O) groups is 1. The Labute approximate surface area is 112 Å². The van der Waals surface area contributed by atoms with Crippen molar-refractivity contribution in [2.75, 3.05) is 6.61 Å². The number of esters is 1. The summed E-state index contributed by atoms with van der Waals surface area (Å²) < 4.78 is 30.7. The van der Waals surface area contributed by atoms with Gasteiger partial charge in [0.1, 0.15) is 17.0 Å². The summed E-state index contributed by atoms with van der Waals surface area (Å²) in [6.07, 6.45) is 2.25. The summed E-state index contributed by atoms with van der Waals surface area (Å²) in [5, 5.41) is 0. The van der Waals surface area contributed by atoms with E-state index in [4.69, 9.17) is 0 Å². The van der Waals surface area contributed by atoms with E-state index in [2.05, 4.69) is 24.7 Å². The van der Waals surface area contributed by atoms with E-state index < -0.39 is 18.1 Å². The average Bonchev–Trinajstić information content (AvgIpc) is 2.47. The number of hydrogen-bond donors (Lipinski definition) is 0. The van der Waals surface area contributed by atoms with Crippen LogP contribution in [0.2, 0.25) is 0 Å². The van der Waals surface area contributed by atoms with Gasteiger partial charge in [-0.2, -0.15) is 0 Å². The van der Waals surface area contributed by atoms with Crippen LogP contribution in [-0.2, 0) is 4.74 Å². The van der Waals surface area contributed by atoms with Gasteiger partial charge >= 0.3 is 5.97 Å². The molecule has 0 radical (unpaired) electrons. The first-order chi connectivity index (χ1) is 9.63. The predicted octanol–water partition coefficient (Wildman–Crippen LogP) is 2.05. The summed E-state index contributed by atoms with van der Waals surface area (Å²) in [6, 6.07) is 0. The lowest BCUT2D eigenvalue weighted by Crippen LogP contribution is -2.12. The molecule has 0 unspecified atom stereocenters. The van der Waals surface area contributed by atoms with Crippen molar-refractivity contribution < 1.29 is 18.3 Å². The number of rotatable bonds is 4. The molecule has 0 spiro atoms. The molecule has 0 saturated heterocycles. The van der Waals surface area contributed by atoms with Gasteiger partial charge in [-0.15, -0.1) is 0 Å². The van der Waals surface area contributed by atoms with E-state index in [0.717, 1.165) is 6.20 Å². The lowest BCUT2D eigenvalue weighted by atomic mass is 10.2. The van der Waals surface area contributed by atoms with Gasteiger partial charge in [0.2, 0.25) is 0 Å². The molecular formula is C12H10F2N4O2. The maximum absolute atomic E-state index is 13.0. The van der Waals surface area contributed by atoms with E-state index in [0.29, 0.717) is 0 Å². The Morgan fingerprint density at radius 1 is 1.30 bits per heavy atom. The van der Waals surface area contributed by atoms with Crippen LogP contribution in [0.1, 0.15) is 29.4 Å². The van der Waals surface area contributed by atoms with Crippen molar-refractivity contribution in [3.63, 3.8) is 0 Å². The maximum Gasteiger partial charge on any atom is 0.341 e. The van der Waals surface area contributed by atoms with Crippen molar-refractivity contribution in [3.05, 3.63) is 36.0 Å². The van der Waals surface area contributed by atoms with Crippen LogP contribution >= 0.6 is 0 Å². The van der Waals surface area contributed by atoms with E-state index in [1.165, 1.54) is 18.6 Å². The molecule has 0 saturated carbocycles. The van der Waals surface area contributed by atoms with Crippen molar-refractivity contribution in [1.29, 1.82) is 0 Å². The lowest BCUT2D eigenvalue weighted by Gasteiger charge is -2.08. The van der Waals surface area contributed by atoms with E-state index >= 15 is 0 Å². The number of ether oxygens (including phenoxy) is 1. The summed E-state index contributed by atoms with van der Waals surface area (Å²) in [6.45, 7) is 1.65. The molecule has 0 aliphatic heterocycles. The van der Waals surface area contributed by atoms with Gasteiger partial charge in [-0.3, -0.25) is 4.98 Å². The van der Waals surface area contributed by atoms with E-state index in [-0.39, 0.29) is 23.7 Å². The molecule has 0 fully saturated rings. The van der Waals surface area contributed by atoms with Crippen LogP contribution in [0.5, 0.6) is 0 Å². The molecule has 20 heavy (non-hydrogen) atoms. The minimum Gasteiger partial charge on any atom is -0.462 e. The molecule has 0 N–H and O–H groups in total. The second kappa shape index (κ2) is 6.09. The van der Waals surface area contributed by atoms with Crippen molar-refractivity contribution in [3.8, 4) is 11.5 Å². The number of halogens is 2. The van der Waals surface area contributed by atoms with E-state index in [9.17, 15) is 13.6 Å². The van der Waals surface area contributed by atoms with E-state index in [1.54, 1.807) is 6.92 Å². The third-order valence-electron chi connectivity index (χ3n) is 2.31. The topological polar surface area (TPSA) is 77.9 Å². The molecule has 2 heterocycles. The van der Waals surface area contributed by atoms with Gasteiger partial charge in [-0.25, -0.2) is 28.5 Å². The summed E-state index contributed by atoms with van der Waals surface area (Å²) in [7, 11) is 0. The third-order valence-corrected chi connectivity index (χ3v) is 2.31. The Morgan fingerprint density at radius 3 is 2.70 bits per heavy atom. The summed E-state index contributed by atoms with van der Waals surface area (Å²) in [5.41, 5.74) is -0.793. The van der Waals surface area contributed by atoms with Crippen molar-refractivity contribution >= 4 is 5.97 Å². The molecule has 2 aromatic heterocycles. The summed E-state index contributed by atoms with van der Waals surface area (Å²) >= 11 is 0. The largest absolute Gasteiger partial charge is 0.462 e. The zero-order chi connectivity index (χ0) is 14.5. The van der Waals surface area contributed by atoms with E-state index in [1.807, 2.05) is 0 Å². The highest BCUT2D eigenvalue weighted by Gasteiger charge is 2.23. The monoisotopic (exact) mass is 280 g/mol. The second-order valence-electron chi connectivity index (χ2n) is 3.60. The van der Waals surface area contributed by atoms with Gasteiger partial charge in [-0.1, -0.05) is 0 Å². The van der Waals surface area contributed by atoms with Crippen molar-refractivity contribution in [2.24, 2.45) is 0 Å². The minimum absolute atomic E-state index is 0.0264. The van der Waals surface area contributed by atoms with Gasteiger partial charge in [0.25, 0.3) is 6.43 Å². The van der Waals surface area contributed by atoms with Crippen LogP contribution in [0, 0.1) is 0 Å². The van der Waals surface area contributed by atoms with Crippen molar-refractivity contribution in [1.82, 2.24) is 19.9 Å². The third kappa shape index (κ3) is 2.90. The number of nitrogens with zero attached hydrogens (tertiary/aromatic N) is 4. The molecule has 6 nitrogen and oxygen atoms in total. The summed E-state index contributed by atoms with van der Waals surface area (Å²) in [4.78, 5) is 26.8. The Balaban J connectivity index is 2.45. The fourth-order valence-electron chi connectivity index (χ4n) is 1.47. The van der Waals surface area contributed by atoms with Crippen LogP contribution < -0.4 is 0 Å². The van der Waals surface area contributed by atoms with Gasteiger partial charge in [0.05, 0.1) is 12.8 Å². The van der Waals surface area contributed by atoms with Crippen LogP contribution in [0.3, 0.4) is 0 Å². The Morgan fingerprint density at radius 2 is 2.10 bits per heavy atom. The zero-order valence-corrected chi connectivity index (χ0v) is 10.5. The highest BCUT2D eigenvalue weighted by molar-refractivity contribution is 5.90. The molecule has 104 valence electrons. The first-order valence-corrected chi connectivity index (χ1v) is 5.72. The highest BCUT2D eigenvalue weighted by atomic mass is 19.3. The predicted molar refractivity (Wildman–Crippen MR) is 64.0 cm³/mol. The fourth-order valence-corrected chi connectivity index (χ4v) is 1.47. The molecule has 0 amide bonds. The van der Waals surface area contributed by atoms with Crippen molar-refractivity contribution in [2.45, 2.75) is 13.3 Å². The van der Waals surface area contributed by atoms with Crippen LogP contribution in [0.25, 0.3) is 11.5 Å². The molecule has 0 bridgehead atoms. The smallest absolute Gasteiger partial charge is 0.341 e. The van der Waals surface area contributed by atoms with Crippen LogP contribution in [-0.4, -0.2) is 32.5 Å². The molecule has 0 atom stereocenters. The second-order valence-corrected chi connectivity index (χ2v) is 3.60. The molecule has 2 rings (SSSR count). The molecular weight excluding hydrogens is 270 g/mol. The first-order valence-electron chi connectivity index (χ1n) is 5.72. The molecule has 0 aromatic carbocycles. The average molecular weight is 280 g/mol. The zero-order valence-electron chi connectivity index (χ0n) is 10.5. The molecule has 8 heteroatoms. The fraction of sp³-hybridized carbons (Fsp3) is 0.250. The number of alkyl halides is 2. The van der Waals surface area contributed by atoms with Gasteiger partial charge in [-0.05, 0) is 6.92 Å². The lowest BCUT2D eigenvalue weighted by molar-refractivity contribution is 0.0513. The minimum atomic E-state index is -2.92. The Kier molecular flexibility index (Phi) is 4.24. The Bertz CT molecular complexity index is 608. The number of hydrogen-bond acceptors (Lipinski definition) is 6. The van der Waals surface area contributed by atoms with Crippen LogP contribution in [0.15, 0.2) is 24.8 Å². The standard InChI is InChI=1S/C12H10F2N4O2/c1-2-20-12(19)7-5-17-11(18-9(7)10(13)14)8-6-15-3-4-16-8/h3-6,10H,2H2,1H3. The molecule has 0 aliphatic rings. The van der Waals surface area contributed by atoms with Gasteiger partial charge in [0.15, 0.2) is 5.82 Å². The summed E-state index contributed by atoms with van der Waals surface area (Å²) in [5.74, 6) is -0.907. The highest BCUT2D eigenvalue weighted by Crippen LogP contribution is 2.23. The first kappa shape index (κ1) is 13.9. The molecule has 0 aliphatic carbocycles. The normalized spacial score (nSPS) is 10.6. The SMILES string of the molecule is CCOC(=O)c1cnc(-c2cnccn2)nc1C(F)F. The molecule has 2 aromatic rings. The quantitative estimate of drug-likeness (QED) is 0.797. The van der Waals surface area contributed by atoms with Gasteiger partial charge in [0, 0.05) is 18.6 Å².